The second kappa shape index (κ2) is 11.0. The van der Waals surface area contributed by atoms with Gasteiger partial charge in [0, 0.05) is 24.2 Å². The van der Waals surface area contributed by atoms with Crippen LogP contribution in [0.25, 0.3) is 0 Å². The standard InChI is InChI=1S/C23H28N2O4/c1-4-18-8-5-6-9-19(18)24-22(27)15-29-23(28)11-7-10-21(26)25-20-14-16(2)12-13-17(20)3/h5-6,8-9,12-14H,4,7,10-11,15H2,1-3H3,(H,24,27)(H,25,26). The fourth-order valence-electron chi connectivity index (χ4n) is 2.83. The van der Waals surface area contributed by atoms with Gasteiger partial charge < -0.3 is 15.4 Å². The topological polar surface area (TPSA) is 84.5 Å². The quantitative estimate of drug-likeness (QED) is 0.624. The Kier molecular flexibility index (Phi) is 8.40. The molecule has 2 rings (SSSR count). The third-order valence-electron chi connectivity index (χ3n) is 4.49. The van der Waals surface area contributed by atoms with E-state index in [2.05, 4.69) is 10.6 Å². The zero-order valence-electron chi connectivity index (χ0n) is 17.2. The van der Waals surface area contributed by atoms with Crippen LogP contribution in [0.4, 0.5) is 11.4 Å². The summed E-state index contributed by atoms with van der Waals surface area (Å²) in [6.45, 7) is 5.55. The van der Waals surface area contributed by atoms with E-state index in [1.54, 1.807) is 0 Å². The van der Waals surface area contributed by atoms with Crippen molar-refractivity contribution in [1.82, 2.24) is 0 Å². The molecule has 0 saturated heterocycles. The molecule has 0 unspecified atom stereocenters. The van der Waals surface area contributed by atoms with Crippen LogP contribution in [0, 0.1) is 13.8 Å². The summed E-state index contributed by atoms with van der Waals surface area (Å²) < 4.78 is 5.00. The Morgan fingerprint density at radius 3 is 2.38 bits per heavy atom. The molecular weight excluding hydrogens is 368 g/mol. The number of para-hydroxylation sites is 1. The van der Waals surface area contributed by atoms with Crippen LogP contribution in [-0.4, -0.2) is 24.4 Å². The Labute approximate surface area is 171 Å². The number of rotatable bonds is 9. The molecule has 0 aliphatic carbocycles. The Morgan fingerprint density at radius 2 is 1.62 bits per heavy atom. The molecule has 0 bridgehead atoms. The fraction of sp³-hybridized carbons (Fsp3) is 0.348. The van der Waals surface area contributed by atoms with Gasteiger partial charge in [0.15, 0.2) is 6.61 Å². The predicted octanol–water partition coefficient (Wildman–Crippen LogP) is 4.16. The van der Waals surface area contributed by atoms with Crippen molar-refractivity contribution >= 4 is 29.2 Å². The van der Waals surface area contributed by atoms with Crippen molar-refractivity contribution in [3.05, 3.63) is 59.2 Å². The lowest BCUT2D eigenvalue weighted by Crippen LogP contribution is -2.21. The van der Waals surface area contributed by atoms with Gasteiger partial charge in [-0.15, -0.1) is 0 Å². The van der Waals surface area contributed by atoms with Gasteiger partial charge >= 0.3 is 5.97 Å². The van der Waals surface area contributed by atoms with E-state index in [1.807, 2.05) is 63.2 Å². The van der Waals surface area contributed by atoms with Crippen molar-refractivity contribution < 1.29 is 19.1 Å². The van der Waals surface area contributed by atoms with Gasteiger partial charge in [0.2, 0.25) is 5.91 Å². The first-order valence-electron chi connectivity index (χ1n) is 9.79. The maximum Gasteiger partial charge on any atom is 0.306 e. The molecule has 6 nitrogen and oxygen atoms in total. The van der Waals surface area contributed by atoms with Gasteiger partial charge in [-0.25, -0.2) is 0 Å². The van der Waals surface area contributed by atoms with Crippen molar-refractivity contribution in [1.29, 1.82) is 0 Å². The second-order valence-corrected chi connectivity index (χ2v) is 6.94. The zero-order chi connectivity index (χ0) is 21.2. The van der Waals surface area contributed by atoms with Crippen LogP contribution < -0.4 is 10.6 Å². The summed E-state index contributed by atoms with van der Waals surface area (Å²) in [6, 6.07) is 13.3. The molecule has 2 aromatic rings. The summed E-state index contributed by atoms with van der Waals surface area (Å²) in [5.41, 5.74) is 4.57. The van der Waals surface area contributed by atoms with E-state index < -0.39 is 5.97 Å². The number of carbonyl (C=O) groups is 3. The number of hydrogen-bond acceptors (Lipinski definition) is 4. The Morgan fingerprint density at radius 1 is 0.897 bits per heavy atom. The maximum absolute atomic E-state index is 12.1. The lowest BCUT2D eigenvalue weighted by atomic mass is 10.1. The van der Waals surface area contributed by atoms with Gasteiger partial charge in [0.1, 0.15) is 0 Å². The highest BCUT2D eigenvalue weighted by Gasteiger charge is 2.11. The number of esters is 1. The lowest BCUT2D eigenvalue weighted by Gasteiger charge is -2.10. The highest BCUT2D eigenvalue weighted by atomic mass is 16.5. The van der Waals surface area contributed by atoms with E-state index in [9.17, 15) is 14.4 Å². The summed E-state index contributed by atoms with van der Waals surface area (Å²) in [4.78, 5) is 35.9. The van der Waals surface area contributed by atoms with E-state index in [-0.39, 0.29) is 31.3 Å². The fourth-order valence-corrected chi connectivity index (χ4v) is 2.83. The second-order valence-electron chi connectivity index (χ2n) is 6.94. The number of anilines is 2. The molecular formula is C23H28N2O4. The number of ether oxygens (including phenoxy) is 1. The first kappa shape index (κ1) is 22.1. The predicted molar refractivity (Wildman–Crippen MR) is 114 cm³/mol. The smallest absolute Gasteiger partial charge is 0.306 e. The van der Waals surface area contributed by atoms with Gasteiger partial charge in [0.25, 0.3) is 5.91 Å². The lowest BCUT2D eigenvalue weighted by molar-refractivity contribution is -0.147. The molecule has 0 atom stereocenters. The van der Waals surface area contributed by atoms with Crippen molar-refractivity contribution in [3.8, 4) is 0 Å². The van der Waals surface area contributed by atoms with Crippen LogP contribution in [0.1, 0.15) is 42.9 Å². The molecule has 6 heteroatoms. The Hall–Kier alpha value is -3.15. The Balaban J connectivity index is 1.68. The van der Waals surface area contributed by atoms with Crippen LogP contribution in [0.15, 0.2) is 42.5 Å². The molecule has 0 heterocycles. The highest BCUT2D eigenvalue weighted by Crippen LogP contribution is 2.17. The first-order valence-corrected chi connectivity index (χ1v) is 9.79. The van der Waals surface area contributed by atoms with Gasteiger partial charge in [0.05, 0.1) is 0 Å². The van der Waals surface area contributed by atoms with E-state index in [0.717, 1.165) is 34.5 Å². The van der Waals surface area contributed by atoms with E-state index in [0.29, 0.717) is 6.42 Å². The van der Waals surface area contributed by atoms with E-state index in [1.165, 1.54) is 0 Å². The first-order chi connectivity index (χ1) is 13.9. The van der Waals surface area contributed by atoms with Gasteiger partial charge in [-0.1, -0.05) is 37.3 Å². The minimum atomic E-state index is -0.497. The molecule has 0 aliphatic rings. The number of nitrogens with one attached hydrogen (secondary N) is 2. The SMILES string of the molecule is CCc1ccccc1NC(=O)COC(=O)CCCC(=O)Nc1cc(C)ccc1C. The number of benzene rings is 2. The molecule has 0 fully saturated rings. The largest absolute Gasteiger partial charge is 0.456 e. The van der Waals surface area contributed by atoms with E-state index in [4.69, 9.17) is 4.74 Å². The summed E-state index contributed by atoms with van der Waals surface area (Å²) in [6.07, 6.45) is 1.44. The van der Waals surface area contributed by atoms with Gasteiger partial charge in [-0.2, -0.15) is 0 Å². The molecule has 29 heavy (non-hydrogen) atoms. The molecule has 2 amide bonds. The van der Waals surface area contributed by atoms with Crippen LogP contribution in [0.2, 0.25) is 0 Å². The normalized spacial score (nSPS) is 10.3. The number of amides is 2. The Bertz CT molecular complexity index is 877. The van der Waals surface area contributed by atoms with E-state index >= 15 is 0 Å². The average Bonchev–Trinajstić information content (AvgIpc) is 2.69. The molecule has 0 saturated carbocycles. The third-order valence-corrected chi connectivity index (χ3v) is 4.49. The van der Waals surface area contributed by atoms with Crippen LogP contribution >= 0.6 is 0 Å². The highest BCUT2D eigenvalue weighted by molar-refractivity contribution is 5.94. The molecule has 0 spiro atoms. The maximum atomic E-state index is 12.1. The monoisotopic (exact) mass is 396 g/mol. The minimum absolute atomic E-state index is 0.0824. The third kappa shape index (κ3) is 7.41. The molecule has 2 aromatic carbocycles. The molecule has 2 N–H and O–H groups in total. The molecule has 0 aromatic heterocycles. The van der Waals surface area contributed by atoms with Crippen LogP contribution in [-0.2, 0) is 25.5 Å². The summed E-state index contributed by atoms with van der Waals surface area (Å²) >= 11 is 0. The van der Waals surface area contributed by atoms with Gasteiger partial charge in [-0.05, 0) is 55.5 Å². The summed E-state index contributed by atoms with van der Waals surface area (Å²) in [5, 5.41) is 5.61. The molecule has 154 valence electrons. The van der Waals surface area contributed by atoms with Crippen LogP contribution in [0.3, 0.4) is 0 Å². The summed E-state index contributed by atoms with van der Waals surface area (Å²) in [7, 11) is 0. The van der Waals surface area contributed by atoms with Crippen molar-refractivity contribution in [2.45, 2.75) is 46.5 Å². The van der Waals surface area contributed by atoms with Crippen molar-refractivity contribution in [3.63, 3.8) is 0 Å². The number of carbonyl (C=O) groups excluding carboxylic acids is 3. The van der Waals surface area contributed by atoms with Crippen molar-refractivity contribution in [2.24, 2.45) is 0 Å². The number of aryl methyl sites for hydroxylation is 3. The number of hydrogen-bond donors (Lipinski definition) is 2. The molecule has 0 aliphatic heterocycles. The minimum Gasteiger partial charge on any atom is -0.456 e. The van der Waals surface area contributed by atoms with Crippen molar-refractivity contribution in [2.75, 3.05) is 17.2 Å². The van der Waals surface area contributed by atoms with Gasteiger partial charge in [-0.3, -0.25) is 14.4 Å². The zero-order valence-corrected chi connectivity index (χ0v) is 17.2. The average molecular weight is 396 g/mol. The van der Waals surface area contributed by atoms with Crippen LogP contribution in [0.5, 0.6) is 0 Å². The summed E-state index contributed by atoms with van der Waals surface area (Å²) in [5.74, 6) is -1.03. The molecule has 0 radical (unpaired) electrons.